The Morgan fingerprint density at radius 1 is 1.22 bits per heavy atom. The number of hydrogen-bond acceptors (Lipinski definition) is 8. The standard InChI is InChI=1S/C20H21BrN6OS2.2ClH/c1-12-3-4-16(11-22-12)29-17-9-15(21)10-23-19(17)25-20-24-18(26-30-20)14-5-7-27(8-6-14)13(2)28;;/h3-4,9-11,14H,5-8H2,1-2H3,(H,23,24,25,26);2*1H. The molecule has 172 valence electrons. The summed E-state index contributed by atoms with van der Waals surface area (Å²) in [6.07, 6.45) is 5.42. The first kappa shape index (κ1) is 26.8. The molecule has 1 N–H and O–H groups in total. The van der Waals surface area contributed by atoms with Crippen LogP contribution in [0.3, 0.4) is 0 Å². The summed E-state index contributed by atoms with van der Waals surface area (Å²) in [6, 6.07) is 6.07. The number of anilines is 2. The summed E-state index contributed by atoms with van der Waals surface area (Å²) in [4.78, 5) is 29.0. The number of nitrogens with zero attached hydrogens (tertiary/aromatic N) is 5. The molecule has 0 aliphatic carbocycles. The first-order valence-electron chi connectivity index (χ1n) is 9.60. The van der Waals surface area contributed by atoms with Gasteiger partial charge in [-0.3, -0.25) is 9.78 Å². The molecule has 7 nitrogen and oxygen atoms in total. The number of aryl methyl sites for hydroxylation is 1. The van der Waals surface area contributed by atoms with Crippen LogP contribution >= 0.6 is 64.0 Å². The fourth-order valence-corrected chi connectivity index (χ4v) is 5.25. The molecule has 0 unspecified atom stereocenters. The second-order valence-electron chi connectivity index (χ2n) is 7.10. The molecule has 1 aliphatic heterocycles. The highest BCUT2D eigenvalue weighted by Crippen LogP contribution is 2.36. The largest absolute Gasteiger partial charge is 0.343 e. The molecule has 1 fully saturated rings. The van der Waals surface area contributed by atoms with Gasteiger partial charge in [-0.25, -0.2) is 9.97 Å². The van der Waals surface area contributed by atoms with Crippen LogP contribution in [0.5, 0.6) is 0 Å². The van der Waals surface area contributed by atoms with Gasteiger partial charge in [0.25, 0.3) is 0 Å². The number of pyridine rings is 2. The average molecular weight is 578 g/mol. The van der Waals surface area contributed by atoms with Gasteiger partial charge in [0.2, 0.25) is 11.0 Å². The van der Waals surface area contributed by atoms with Crippen molar-refractivity contribution in [3.8, 4) is 0 Å². The fourth-order valence-electron chi connectivity index (χ4n) is 3.24. The van der Waals surface area contributed by atoms with E-state index in [2.05, 4.69) is 35.6 Å². The first-order chi connectivity index (χ1) is 14.5. The molecular weight excluding hydrogens is 555 g/mol. The Hall–Kier alpha value is -1.46. The van der Waals surface area contributed by atoms with Crippen LogP contribution < -0.4 is 5.32 Å². The van der Waals surface area contributed by atoms with Crippen LogP contribution in [0.2, 0.25) is 0 Å². The SMILES string of the molecule is CC(=O)N1CCC(c2nsc(Nc3ncc(Br)cc3Sc3ccc(C)nc3)n2)CC1.Cl.Cl. The number of aromatic nitrogens is 4. The zero-order valence-electron chi connectivity index (χ0n) is 17.4. The van der Waals surface area contributed by atoms with Crippen molar-refractivity contribution in [3.63, 3.8) is 0 Å². The summed E-state index contributed by atoms with van der Waals surface area (Å²) in [6.45, 7) is 5.12. The van der Waals surface area contributed by atoms with E-state index in [-0.39, 0.29) is 36.6 Å². The lowest BCUT2D eigenvalue weighted by atomic mass is 9.96. The number of halogens is 3. The average Bonchev–Trinajstić information content (AvgIpc) is 3.20. The highest BCUT2D eigenvalue weighted by molar-refractivity contribution is 9.10. The van der Waals surface area contributed by atoms with E-state index in [4.69, 9.17) is 4.98 Å². The maximum absolute atomic E-state index is 11.5. The van der Waals surface area contributed by atoms with Crippen LogP contribution in [0.15, 0.2) is 44.9 Å². The van der Waals surface area contributed by atoms with Gasteiger partial charge in [-0.1, -0.05) is 11.8 Å². The fraction of sp³-hybridized carbons (Fsp3) is 0.350. The third kappa shape index (κ3) is 6.77. The van der Waals surface area contributed by atoms with Crippen LogP contribution in [0, 0.1) is 6.92 Å². The van der Waals surface area contributed by atoms with Gasteiger partial charge in [0.1, 0.15) is 11.6 Å². The molecule has 12 heteroatoms. The third-order valence-electron chi connectivity index (χ3n) is 4.90. The zero-order chi connectivity index (χ0) is 21.1. The Morgan fingerprint density at radius 3 is 2.62 bits per heavy atom. The molecule has 1 amide bonds. The van der Waals surface area contributed by atoms with Crippen LogP contribution in [-0.4, -0.2) is 43.2 Å². The van der Waals surface area contributed by atoms with E-state index in [1.165, 1.54) is 11.5 Å². The second kappa shape index (κ2) is 12.1. The number of amides is 1. The van der Waals surface area contributed by atoms with Gasteiger partial charge in [0, 0.05) is 64.9 Å². The smallest absolute Gasteiger partial charge is 0.219 e. The lowest BCUT2D eigenvalue weighted by Crippen LogP contribution is -2.36. The molecule has 3 aromatic heterocycles. The van der Waals surface area contributed by atoms with Crippen molar-refractivity contribution < 1.29 is 4.79 Å². The maximum atomic E-state index is 11.5. The molecule has 4 rings (SSSR count). The Kier molecular flexibility index (Phi) is 10.2. The molecule has 0 bridgehead atoms. The van der Waals surface area contributed by atoms with E-state index in [0.717, 1.165) is 62.7 Å². The van der Waals surface area contributed by atoms with Crippen molar-refractivity contribution in [2.75, 3.05) is 18.4 Å². The molecule has 0 aromatic carbocycles. The van der Waals surface area contributed by atoms with Crippen LogP contribution in [0.4, 0.5) is 10.9 Å². The van der Waals surface area contributed by atoms with Gasteiger partial charge in [-0.2, -0.15) is 4.37 Å². The topological polar surface area (TPSA) is 83.9 Å². The highest BCUT2D eigenvalue weighted by Gasteiger charge is 2.25. The van der Waals surface area contributed by atoms with Crippen molar-refractivity contribution in [2.24, 2.45) is 0 Å². The van der Waals surface area contributed by atoms with Crippen molar-refractivity contribution in [2.45, 2.75) is 42.4 Å². The predicted octanol–water partition coefficient (Wildman–Crippen LogP) is 5.86. The maximum Gasteiger partial charge on any atom is 0.219 e. The molecule has 0 atom stereocenters. The minimum atomic E-state index is 0. The summed E-state index contributed by atoms with van der Waals surface area (Å²) in [5, 5.41) is 4.05. The molecule has 32 heavy (non-hydrogen) atoms. The Balaban J connectivity index is 0.00000181. The molecular formula is C20H23BrCl2N6OS2. The number of piperidine rings is 1. The molecule has 1 aliphatic rings. The van der Waals surface area contributed by atoms with Gasteiger partial charge in [-0.15, -0.1) is 24.8 Å². The number of hydrogen-bond donors (Lipinski definition) is 1. The van der Waals surface area contributed by atoms with Crippen molar-refractivity contribution in [1.29, 1.82) is 0 Å². The number of likely N-dealkylation sites (tertiary alicyclic amines) is 1. The number of carbonyl (C=O) groups is 1. The van der Waals surface area contributed by atoms with Crippen molar-refractivity contribution >= 4 is 80.9 Å². The molecule has 4 heterocycles. The van der Waals surface area contributed by atoms with E-state index in [1.54, 1.807) is 24.9 Å². The van der Waals surface area contributed by atoms with E-state index < -0.39 is 0 Å². The van der Waals surface area contributed by atoms with Gasteiger partial charge in [-0.05, 0) is 53.9 Å². The van der Waals surface area contributed by atoms with Gasteiger partial charge in [0.05, 0.1) is 4.90 Å². The van der Waals surface area contributed by atoms with Gasteiger partial charge < -0.3 is 10.2 Å². The quantitative estimate of drug-likeness (QED) is 0.406. The third-order valence-corrected chi connectivity index (χ3v) is 6.99. The van der Waals surface area contributed by atoms with E-state index in [1.807, 2.05) is 36.2 Å². The normalized spacial score (nSPS) is 13.8. The van der Waals surface area contributed by atoms with Crippen LogP contribution in [0.1, 0.15) is 37.2 Å². The van der Waals surface area contributed by atoms with Crippen molar-refractivity contribution in [3.05, 3.63) is 46.6 Å². The van der Waals surface area contributed by atoms with Crippen LogP contribution in [-0.2, 0) is 4.79 Å². The summed E-state index contributed by atoms with van der Waals surface area (Å²) in [5.41, 5.74) is 0.987. The first-order valence-corrected chi connectivity index (χ1v) is 12.0. The van der Waals surface area contributed by atoms with Gasteiger partial charge in [0.15, 0.2) is 0 Å². The molecule has 1 saturated heterocycles. The lowest BCUT2D eigenvalue weighted by Gasteiger charge is -2.29. The zero-order valence-corrected chi connectivity index (χ0v) is 22.3. The summed E-state index contributed by atoms with van der Waals surface area (Å²) in [7, 11) is 0. The minimum Gasteiger partial charge on any atom is -0.343 e. The molecule has 0 saturated carbocycles. The van der Waals surface area contributed by atoms with Gasteiger partial charge >= 0.3 is 0 Å². The molecule has 0 radical (unpaired) electrons. The molecule has 3 aromatic rings. The predicted molar refractivity (Wildman–Crippen MR) is 137 cm³/mol. The number of rotatable bonds is 5. The second-order valence-corrected chi connectivity index (χ2v) is 9.88. The summed E-state index contributed by atoms with van der Waals surface area (Å²) < 4.78 is 5.47. The Morgan fingerprint density at radius 2 is 1.97 bits per heavy atom. The monoisotopic (exact) mass is 576 g/mol. The number of nitrogens with one attached hydrogen (secondary N) is 1. The Bertz CT molecular complexity index is 1040. The van der Waals surface area contributed by atoms with E-state index >= 15 is 0 Å². The number of carbonyl (C=O) groups excluding carboxylic acids is 1. The summed E-state index contributed by atoms with van der Waals surface area (Å²) >= 11 is 6.44. The molecule has 0 spiro atoms. The lowest BCUT2D eigenvalue weighted by molar-refractivity contribution is -0.129. The van der Waals surface area contributed by atoms with Crippen LogP contribution in [0.25, 0.3) is 0 Å². The van der Waals surface area contributed by atoms with E-state index in [0.29, 0.717) is 0 Å². The highest BCUT2D eigenvalue weighted by atomic mass is 79.9. The van der Waals surface area contributed by atoms with Crippen molar-refractivity contribution in [1.82, 2.24) is 24.2 Å². The Labute approximate surface area is 216 Å². The summed E-state index contributed by atoms with van der Waals surface area (Å²) in [5.74, 6) is 2.01. The van der Waals surface area contributed by atoms with E-state index in [9.17, 15) is 4.79 Å². The minimum absolute atomic E-state index is 0.